The van der Waals surface area contributed by atoms with Gasteiger partial charge < -0.3 is 4.74 Å². The molecule has 1 aromatic carbocycles. The van der Waals surface area contributed by atoms with Crippen molar-refractivity contribution in [2.75, 3.05) is 0 Å². The molecule has 8 aliphatic carbocycles. The third-order valence-corrected chi connectivity index (χ3v) is 14.9. The van der Waals surface area contributed by atoms with Gasteiger partial charge in [-0.15, -0.1) is 0 Å². The van der Waals surface area contributed by atoms with E-state index in [1.165, 1.54) is 145 Å². The first-order valence-electron chi connectivity index (χ1n) is 21.0. The van der Waals surface area contributed by atoms with Crippen molar-refractivity contribution >= 4 is 11.1 Å². The fourth-order valence-corrected chi connectivity index (χ4v) is 12.6. The van der Waals surface area contributed by atoms with Crippen LogP contribution >= 0.6 is 0 Å². The van der Waals surface area contributed by atoms with E-state index in [0.717, 1.165) is 24.7 Å². The van der Waals surface area contributed by atoms with Crippen LogP contribution in [0, 0.1) is 23.7 Å². The van der Waals surface area contributed by atoms with Crippen molar-refractivity contribution in [2.24, 2.45) is 23.7 Å². The lowest BCUT2D eigenvalue weighted by atomic mass is 9.55. The summed E-state index contributed by atoms with van der Waals surface area (Å²) in [5.41, 5.74) is 16.7. The van der Waals surface area contributed by atoms with Crippen LogP contribution in [0.4, 0.5) is 0 Å². The van der Waals surface area contributed by atoms with Gasteiger partial charge in [-0.25, -0.2) is 0 Å². The smallest absolute Gasteiger partial charge is 0.106 e. The van der Waals surface area contributed by atoms with Crippen LogP contribution in [0.2, 0.25) is 0 Å². The van der Waals surface area contributed by atoms with Gasteiger partial charge in [0.05, 0.1) is 11.2 Å². The Hall–Kier alpha value is -2.80. The lowest BCUT2D eigenvalue weighted by molar-refractivity contribution is 0.0144. The van der Waals surface area contributed by atoms with E-state index in [1.807, 2.05) is 5.57 Å². The summed E-state index contributed by atoms with van der Waals surface area (Å²) in [7, 11) is 0. The minimum absolute atomic E-state index is 0.00129. The quantitative estimate of drug-likeness (QED) is 0.295. The molecule has 1 nitrogen and oxygen atoms in total. The molecule has 1 spiro atoms. The molecule has 10 rings (SSSR count). The molecule has 0 radical (unpaired) electrons. The van der Waals surface area contributed by atoms with E-state index in [2.05, 4.69) is 54.7 Å². The number of benzene rings is 1. The van der Waals surface area contributed by atoms with E-state index >= 15 is 0 Å². The summed E-state index contributed by atoms with van der Waals surface area (Å²) < 4.78 is 7.01. The van der Waals surface area contributed by atoms with Gasteiger partial charge in [-0.1, -0.05) is 79.0 Å². The van der Waals surface area contributed by atoms with Crippen LogP contribution in [0.15, 0.2) is 88.3 Å². The maximum absolute atomic E-state index is 7.01. The standard InChI is InChI=1S/C48H58O/c1-2-10-34(11-3-1)35-22-18-32(19-23-35)30-33-20-24-36(25-21-33)38-26-28-40-44(31-38)48(43-29-27-37-12-4-5-13-39(37)47(40)43)41-14-6-8-16-45(41)49-46-17-9-7-15-42(46)48/h6,14,20,22,24-26,28,31-34,41,45H,1-5,7-13,15-19,21,23,27,29-30H2. The SMILES string of the molecule is C1=CC2C(CC1)OC1=C(CCCC1)C21C2=C(C3=C(CCCC3)CC2)c2ccc(C3=CCC(CC4CC=C(C5CCCCC5)CC4)C=C3)cc21. The fourth-order valence-electron chi connectivity index (χ4n) is 12.6. The first-order chi connectivity index (χ1) is 24.3. The number of allylic oxidation sites excluding steroid dienone is 13. The number of ether oxygens (including phenoxy) is 1. The van der Waals surface area contributed by atoms with Crippen LogP contribution in [0.1, 0.15) is 158 Å². The second-order valence-corrected chi connectivity index (χ2v) is 17.5. The van der Waals surface area contributed by atoms with Crippen LogP contribution in [0.3, 0.4) is 0 Å². The van der Waals surface area contributed by atoms with E-state index in [4.69, 9.17) is 4.74 Å². The van der Waals surface area contributed by atoms with Crippen molar-refractivity contribution in [3.63, 3.8) is 0 Å². The molecular formula is C48H58O. The van der Waals surface area contributed by atoms with Crippen molar-refractivity contribution < 1.29 is 4.74 Å². The highest BCUT2D eigenvalue weighted by molar-refractivity contribution is 5.94. The first-order valence-corrected chi connectivity index (χ1v) is 21.0. The van der Waals surface area contributed by atoms with Gasteiger partial charge in [-0.05, 0) is 184 Å². The Kier molecular flexibility index (Phi) is 8.06. The molecule has 1 aliphatic heterocycles. The Bertz CT molecular complexity index is 1730. The molecular weight excluding hydrogens is 593 g/mol. The molecule has 1 aromatic rings. The zero-order chi connectivity index (χ0) is 32.4. The molecule has 0 bridgehead atoms. The molecule has 1 fully saturated rings. The third kappa shape index (κ3) is 5.13. The molecule has 0 aromatic heterocycles. The fraction of sp³-hybridized carbons (Fsp3) is 0.583. The summed E-state index contributed by atoms with van der Waals surface area (Å²) in [6, 6.07) is 7.79. The first kappa shape index (κ1) is 31.0. The van der Waals surface area contributed by atoms with Gasteiger partial charge in [-0.2, -0.15) is 0 Å². The molecule has 256 valence electrons. The van der Waals surface area contributed by atoms with Gasteiger partial charge >= 0.3 is 0 Å². The number of rotatable bonds is 4. The molecule has 1 heterocycles. The highest BCUT2D eigenvalue weighted by Crippen LogP contribution is 2.66. The van der Waals surface area contributed by atoms with Crippen LogP contribution in [0.5, 0.6) is 0 Å². The Balaban J connectivity index is 0.976. The van der Waals surface area contributed by atoms with Gasteiger partial charge in [0.2, 0.25) is 0 Å². The van der Waals surface area contributed by atoms with Crippen molar-refractivity contribution in [3.05, 3.63) is 105 Å². The third-order valence-electron chi connectivity index (χ3n) is 14.9. The highest BCUT2D eigenvalue weighted by atomic mass is 16.5. The summed E-state index contributed by atoms with van der Waals surface area (Å²) in [4.78, 5) is 0. The molecule has 0 N–H and O–H groups in total. The summed E-state index contributed by atoms with van der Waals surface area (Å²) in [6.07, 6.45) is 45.0. The summed E-state index contributed by atoms with van der Waals surface area (Å²) in [5.74, 6) is 4.30. The second kappa shape index (κ2) is 12.8. The van der Waals surface area contributed by atoms with Crippen LogP contribution in [-0.2, 0) is 10.2 Å². The normalized spacial score (nSPS) is 34.1. The van der Waals surface area contributed by atoms with Gasteiger partial charge in [-0.3, -0.25) is 0 Å². The van der Waals surface area contributed by atoms with E-state index < -0.39 is 0 Å². The lowest BCUT2D eigenvalue weighted by Gasteiger charge is -2.52. The molecule has 0 amide bonds. The van der Waals surface area contributed by atoms with Crippen molar-refractivity contribution in [1.29, 1.82) is 0 Å². The predicted molar refractivity (Wildman–Crippen MR) is 204 cm³/mol. The Labute approximate surface area is 296 Å². The average Bonchev–Trinajstić information content (AvgIpc) is 3.46. The summed E-state index contributed by atoms with van der Waals surface area (Å²) in [5, 5.41) is 0. The van der Waals surface area contributed by atoms with Crippen LogP contribution < -0.4 is 0 Å². The molecule has 9 aliphatic rings. The van der Waals surface area contributed by atoms with Gasteiger partial charge in [0, 0.05) is 12.3 Å². The average molecular weight is 651 g/mol. The molecule has 1 heteroatoms. The second-order valence-electron chi connectivity index (χ2n) is 17.5. The Morgan fingerprint density at radius 2 is 1.63 bits per heavy atom. The molecule has 49 heavy (non-hydrogen) atoms. The van der Waals surface area contributed by atoms with Gasteiger partial charge in [0.25, 0.3) is 0 Å². The van der Waals surface area contributed by atoms with E-state index in [1.54, 1.807) is 39.0 Å². The molecule has 0 saturated heterocycles. The van der Waals surface area contributed by atoms with Crippen molar-refractivity contribution in [1.82, 2.24) is 0 Å². The minimum Gasteiger partial charge on any atom is -0.494 e. The topological polar surface area (TPSA) is 9.23 Å². The maximum atomic E-state index is 7.01. The molecule has 5 atom stereocenters. The molecule has 1 saturated carbocycles. The Morgan fingerprint density at radius 3 is 2.51 bits per heavy atom. The number of hydrogen-bond acceptors (Lipinski definition) is 1. The summed E-state index contributed by atoms with van der Waals surface area (Å²) in [6.45, 7) is 0. The van der Waals surface area contributed by atoms with Crippen LogP contribution in [0.25, 0.3) is 11.1 Å². The van der Waals surface area contributed by atoms with Gasteiger partial charge in [0.1, 0.15) is 6.10 Å². The van der Waals surface area contributed by atoms with Crippen molar-refractivity contribution in [3.8, 4) is 0 Å². The van der Waals surface area contributed by atoms with E-state index in [-0.39, 0.29) is 5.41 Å². The number of fused-ring (bicyclic) bond motifs is 8. The minimum atomic E-state index is -0.00129. The van der Waals surface area contributed by atoms with Crippen molar-refractivity contribution in [2.45, 2.75) is 153 Å². The maximum Gasteiger partial charge on any atom is 0.106 e. The lowest BCUT2D eigenvalue weighted by Crippen LogP contribution is -2.49. The summed E-state index contributed by atoms with van der Waals surface area (Å²) >= 11 is 0. The highest BCUT2D eigenvalue weighted by Gasteiger charge is 2.59. The Morgan fingerprint density at radius 1 is 0.735 bits per heavy atom. The van der Waals surface area contributed by atoms with E-state index in [9.17, 15) is 0 Å². The van der Waals surface area contributed by atoms with Crippen LogP contribution in [-0.4, -0.2) is 6.10 Å². The zero-order valence-electron chi connectivity index (χ0n) is 30.0. The zero-order valence-corrected chi connectivity index (χ0v) is 30.0. The predicted octanol–water partition coefficient (Wildman–Crippen LogP) is 13.2. The molecule has 5 unspecified atom stereocenters. The van der Waals surface area contributed by atoms with Gasteiger partial charge in [0.15, 0.2) is 0 Å². The largest absolute Gasteiger partial charge is 0.494 e. The monoisotopic (exact) mass is 650 g/mol. The van der Waals surface area contributed by atoms with E-state index in [0.29, 0.717) is 17.9 Å². The number of hydrogen-bond donors (Lipinski definition) is 0.